The lowest BCUT2D eigenvalue weighted by atomic mass is 10.1. The maximum absolute atomic E-state index is 13.1. The Morgan fingerprint density at radius 3 is 2.35 bits per heavy atom. The van der Waals surface area contributed by atoms with E-state index in [1.807, 2.05) is 24.8 Å². The van der Waals surface area contributed by atoms with E-state index in [-0.39, 0.29) is 12.1 Å². The van der Waals surface area contributed by atoms with Crippen LogP contribution in [0.3, 0.4) is 0 Å². The molecular weight excluding hydrogens is 390 g/mol. The Morgan fingerprint density at radius 2 is 1.74 bits per heavy atom. The normalized spacial score (nSPS) is 10.8. The highest BCUT2D eigenvalue weighted by Crippen LogP contribution is 2.26. The van der Waals surface area contributed by atoms with Crippen molar-refractivity contribution in [2.45, 2.75) is 39.9 Å². The number of anilines is 1. The number of hydrogen-bond donors (Lipinski definition) is 1. The summed E-state index contributed by atoms with van der Waals surface area (Å²) in [6, 6.07) is 17.7. The second kappa shape index (κ2) is 10.1. The third kappa shape index (κ3) is 5.81. The molecule has 0 radical (unpaired) electrons. The molecule has 0 saturated heterocycles. The van der Waals surface area contributed by atoms with Crippen LogP contribution in [0.4, 0.5) is 10.5 Å². The van der Waals surface area contributed by atoms with E-state index in [2.05, 4.69) is 53.3 Å². The Balaban J connectivity index is 1.76. The number of aromatic nitrogens is 1. The standard InChI is InChI=1S/C25H31N3O3/c1-18(2)28(25(29)26-21-13-23(30-4)15-24(14-21)31-5)17-22-10-7-11-27(22)16-20-9-6-8-19(3)12-20/h6-15,18H,16-17H2,1-5H3,(H,26,29). The predicted octanol–water partition coefficient (Wildman–Crippen LogP) is 5.30. The maximum atomic E-state index is 13.1. The van der Waals surface area contributed by atoms with E-state index in [9.17, 15) is 4.79 Å². The minimum Gasteiger partial charge on any atom is -0.497 e. The average molecular weight is 422 g/mol. The Labute approximate surface area is 184 Å². The van der Waals surface area contributed by atoms with Gasteiger partial charge in [-0.1, -0.05) is 29.8 Å². The SMILES string of the molecule is COc1cc(NC(=O)N(Cc2cccn2Cc2cccc(C)c2)C(C)C)cc(OC)c1. The van der Waals surface area contributed by atoms with Gasteiger partial charge in [-0.3, -0.25) is 0 Å². The summed E-state index contributed by atoms with van der Waals surface area (Å²) in [6.45, 7) is 7.39. The van der Waals surface area contributed by atoms with Crippen molar-refractivity contribution in [3.05, 3.63) is 77.6 Å². The first-order valence-corrected chi connectivity index (χ1v) is 10.4. The topological polar surface area (TPSA) is 55.7 Å². The molecule has 2 aromatic carbocycles. The summed E-state index contributed by atoms with van der Waals surface area (Å²) in [5.41, 5.74) is 4.18. The van der Waals surface area contributed by atoms with Gasteiger partial charge in [-0.15, -0.1) is 0 Å². The van der Waals surface area contributed by atoms with Gasteiger partial charge in [0.25, 0.3) is 0 Å². The molecule has 0 aliphatic heterocycles. The van der Waals surface area contributed by atoms with E-state index in [1.165, 1.54) is 11.1 Å². The van der Waals surface area contributed by atoms with Crippen LogP contribution in [-0.4, -0.2) is 35.8 Å². The molecule has 1 aromatic heterocycles. The van der Waals surface area contributed by atoms with E-state index in [0.717, 1.165) is 12.2 Å². The number of nitrogens with zero attached hydrogens (tertiary/aromatic N) is 2. The van der Waals surface area contributed by atoms with Crippen LogP contribution >= 0.6 is 0 Å². The van der Waals surface area contributed by atoms with Crippen molar-refractivity contribution in [3.63, 3.8) is 0 Å². The molecule has 3 rings (SSSR count). The molecule has 0 fully saturated rings. The molecule has 6 heteroatoms. The molecule has 0 saturated carbocycles. The molecule has 0 spiro atoms. The molecule has 0 atom stereocenters. The van der Waals surface area contributed by atoms with Crippen LogP contribution in [0.25, 0.3) is 0 Å². The highest BCUT2D eigenvalue weighted by molar-refractivity contribution is 5.90. The molecule has 1 heterocycles. The molecule has 31 heavy (non-hydrogen) atoms. The Morgan fingerprint density at radius 1 is 1.03 bits per heavy atom. The van der Waals surface area contributed by atoms with Gasteiger partial charge >= 0.3 is 6.03 Å². The summed E-state index contributed by atoms with van der Waals surface area (Å²) in [5, 5.41) is 2.98. The largest absolute Gasteiger partial charge is 0.497 e. The van der Waals surface area contributed by atoms with E-state index in [0.29, 0.717) is 23.7 Å². The van der Waals surface area contributed by atoms with Crippen LogP contribution in [0.15, 0.2) is 60.8 Å². The first-order valence-electron chi connectivity index (χ1n) is 10.4. The second-order valence-corrected chi connectivity index (χ2v) is 7.87. The molecule has 1 N–H and O–H groups in total. The van der Waals surface area contributed by atoms with Crippen molar-refractivity contribution in [2.24, 2.45) is 0 Å². The summed E-state index contributed by atoms with van der Waals surface area (Å²) in [4.78, 5) is 14.9. The predicted molar refractivity (Wildman–Crippen MR) is 124 cm³/mol. The van der Waals surface area contributed by atoms with Crippen LogP contribution in [0.2, 0.25) is 0 Å². The molecule has 164 valence electrons. The van der Waals surface area contributed by atoms with Crippen molar-refractivity contribution >= 4 is 11.7 Å². The average Bonchev–Trinajstić information content (AvgIpc) is 3.17. The molecule has 6 nitrogen and oxygen atoms in total. The number of benzene rings is 2. The first kappa shape index (κ1) is 22.3. The van der Waals surface area contributed by atoms with E-state index in [4.69, 9.17) is 9.47 Å². The van der Waals surface area contributed by atoms with Gasteiger partial charge < -0.3 is 24.3 Å². The summed E-state index contributed by atoms with van der Waals surface area (Å²) in [5.74, 6) is 1.25. The molecule has 0 aliphatic rings. The van der Waals surface area contributed by atoms with Crippen LogP contribution in [0.1, 0.15) is 30.7 Å². The Bertz CT molecular complexity index is 1000. The number of amides is 2. The van der Waals surface area contributed by atoms with Gasteiger partial charge in [0, 0.05) is 48.4 Å². The number of rotatable bonds is 8. The maximum Gasteiger partial charge on any atom is 0.322 e. The lowest BCUT2D eigenvalue weighted by molar-refractivity contribution is 0.192. The minimum atomic E-state index is -0.173. The molecule has 3 aromatic rings. The van der Waals surface area contributed by atoms with Gasteiger partial charge in [-0.05, 0) is 38.5 Å². The number of urea groups is 1. The van der Waals surface area contributed by atoms with Gasteiger partial charge in [0.1, 0.15) is 11.5 Å². The number of hydrogen-bond acceptors (Lipinski definition) is 3. The molecule has 0 unspecified atom stereocenters. The quantitative estimate of drug-likeness (QED) is 0.537. The number of ether oxygens (including phenoxy) is 2. The third-order valence-corrected chi connectivity index (χ3v) is 5.18. The number of methoxy groups -OCH3 is 2. The van der Waals surface area contributed by atoms with Crippen LogP contribution in [0, 0.1) is 6.92 Å². The Hall–Kier alpha value is -3.41. The fraction of sp³-hybridized carbons (Fsp3) is 0.320. The van der Waals surface area contributed by atoms with E-state index in [1.54, 1.807) is 32.4 Å². The van der Waals surface area contributed by atoms with Gasteiger partial charge in [0.05, 0.1) is 20.8 Å². The molecule has 0 bridgehead atoms. The van der Waals surface area contributed by atoms with Gasteiger partial charge in [-0.2, -0.15) is 0 Å². The smallest absolute Gasteiger partial charge is 0.322 e. The first-order chi connectivity index (χ1) is 14.9. The number of carbonyl (C=O) groups is 1. The Kier molecular flexibility index (Phi) is 7.23. The molecule has 0 aliphatic carbocycles. The fourth-order valence-corrected chi connectivity index (χ4v) is 3.49. The summed E-state index contributed by atoms with van der Waals surface area (Å²) < 4.78 is 12.8. The van der Waals surface area contributed by atoms with Gasteiger partial charge in [-0.25, -0.2) is 4.79 Å². The van der Waals surface area contributed by atoms with Crippen molar-refractivity contribution in [3.8, 4) is 11.5 Å². The lowest BCUT2D eigenvalue weighted by Gasteiger charge is -2.28. The van der Waals surface area contributed by atoms with Gasteiger partial charge in [0.15, 0.2) is 0 Å². The van der Waals surface area contributed by atoms with Gasteiger partial charge in [0.2, 0.25) is 0 Å². The number of nitrogens with one attached hydrogen (secondary N) is 1. The molecular formula is C25H31N3O3. The van der Waals surface area contributed by atoms with Crippen molar-refractivity contribution < 1.29 is 14.3 Å². The van der Waals surface area contributed by atoms with Crippen LogP contribution < -0.4 is 14.8 Å². The summed E-state index contributed by atoms with van der Waals surface area (Å²) in [6.07, 6.45) is 2.06. The zero-order valence-corrected chi connectivity index (χ0v) is 18.9. The highest BCUT2D eigenvalue weighted by Gasteiger charge is 2.19. The van der Waals surface area contributed by atoms with Crippen LogP contribution in [0.5, 0.6) is 11.5 Å². The van der Waals surface area contributed by atoms with Crippen LogP contribution in [-0.2, 0) is 13.1 Å². The zero-order chi connectivity index (χ0) is 22.4. The monoisotopic (exact) mass is 421 g/mol. The highest BCUT2D eigenvalue weighted by atomic mass is 16.5. The van der Waals surface area contributed by atoms with Crippen molar-refractivity contribution in [1.29, 1.82) is 0 Å². The van der Waals surface area contributed by atoms with E-state index < -0.39 is 0 Å². The summed E-state index contributed by atoms with van der Waals surface area (Å²) >= 11 is 0. The minimum absolute atomic E-state index is 0.0230. The fourth-order valence-electron chi connectivity index (χ4n) is 3.49. The van der Waals surface area contributed by atoms with E-state index >= 15 is 0 Å². The third-order valence-electron chi connectivity index (χ3n) is 5.18. The second-order valence-electron chi connectivity index (χ2n) is 7.87. The number of carbonyl (C=O) groups excluding carboxylic acids is 1. The zero-order valence-electron chi connectivity index (χ0n) is 18.9. The number of aryl methyl sites for hydroxylation is 1. The lowest BCUT2D eigenvalue weighted by Crippen LogP contribution is -2.40. The van der Waals surface area contributed by atoms with Crippen molar-refractivity contribution in [1.82, 2.24) is 9.47 Å². The molecule has 2 amide bonds. The van der Waals surface area contributed by atoms with Crippen molar-refractivity contribution in [2.75, 3.05) is 19.5 Å². The summed E-state index contributed by atoms with van der Waals surface area (Å²) in [7, 11) is 3.17.